The van der Waals surface area contributed by atoms with E-state index in [0.717, 1.165) is 17.7 Å². The summed E-state index contributed by atoms with van der Waals surface area (Å²) in [7, 11) is -2.43. The van der Waals surface area contributed by atoms with Crippen LogP contribution in [-0.4, -0.2) is 31.2 Å². The van der Waals surface area contributed by atoms with E-state index in [-0.39, 0.29) is 10.6 Å². The van der Waals surface area contributed by atoms with Crippen molar-refractivity contribution in [1.82, 2.24) is 0 Å². The van der Waals surface area contributed by atoms with Crippen molar-refractivity contribution in [2.24, 2.45) is 0 Å². The van der Waals surface area contributed by atoms with E-state index in [4.69, 9.17) is 8.85 Å². The fourth-order valence-electron chi connectivity index (χ4n) is 2.30. The van der Waals surface area contributed by atoms with Gasteiger partial charge in [0.15, 0.2) is 9.84 Å². The van der Waals surface area contributed by atoms with E-state index in [1.807, 2.05) is 18.7 Å². The summed E-state index contributed by atoms with van der Waals surface area (Å²) in [6.07, 6.45) is 0. The Morgan fingerprint density at radius 2 is 1.42 bits per heavy atom. The fraction of sp³-hybridized carbons (Fsp3) is 0.294. The van der Waals surface area contributed by atoms with Crippen LogP contribution in [0.25, 0.3) is 0 Å². The molecule has 0 aliphatic heterocycles. The molecule has 0 saturated carbocycles. The Kier molecular flexibility index (Phi) is 5.92. The topological polar surface area (TPSA) is 52.6 Å². The molecule has 0 aromatic heterocycles. The van der Waals surface area contributed by atoms with Crippen molar-refractivity contribution < 1.29 is 21.7 Å². The Morgan fingerprint density at radius 1 is 0.917 bits per heavy atom. The molecule has 0 fully saturated rings. The van der Waals surface area contributed by atoms with E-state index in [0.29, 0.717) is 11.6 Å². The second kappa shape index (κ2) is 7.56. The molecule has 0 spiro atoms. The van der Waals surface area contributed by atoms with Crippen LogP contribution in [0.15, 0.2) is 53.4 Å². The molecule has 0 aliphatic carbocycles. The van der Waals surface area contributed by atoms with Crippen LogP contribution in [0.2, 0.25) is 6.55 Å². The standard InChI is InChI=1S/C17H21FO4SSi/c1-21-24(3,22-2)13-15-6-4-14(5-7-15)12-23(19,20)17-10-8-16(18)9-11-17/h4-11H,12-13H2,1-3H3. The quantitative estimate of drug-likeness (QED) is 0.556. The number of hydrogen-bond acceptors (Lipinski definition) is 4. The van der Waals surface area contributed by atoms with Gasteiger partial charge in [0.05, 0.1) is 10.6 Å². The molecule has 0 amide bonds. The first-order valence-electron chi connectivity index (χ1n) is 7.44. The number of hydrogen-bond donors (Lipinski definition) is 0. The molecule has 0 atom stereocenters. The van der Waals surface area contributed by atoms with Gasteiger partial charge in [-0.05, 0) is 41.9 Å². The summed E-state index contributed by atoms with van der Waals surface area (Å²) in [6.45, 7) is 1.97. The molecule has 0 heterocycles. The van der Waals surface area contributed by atoms with Crippen LogP contribution in [-0.2, 0) is 30.5 Å². The maximum absolute atomic E-state index is 12.9. The number of rotatable bonds is 7. The van der Waals surface area contributed by atoms with Gasteiger partial charge in [-0.15, -0.1) is 0 Å². The first kappa shape index (κ1) is 18.8. The van der Waals surface area contributed by atoms with Crippen LogP contribution in [0.5, 0.6) is 0 Å². The Hall–Kier alpha value is -1.54. The Bertz CT molecular complexity index is 769. The molecule has 24 heavy (non-hydrogen) atoms. The van der Waals surface area contributed by atoms with E-state index in [1.165, 1.54) is 12.1 Å². The zero-order valence-electron chi connectivity index (χ0n) is 14.0. The Labute approximate surface area is 143 Å². The number of benzene rings is 2. The van der Waals surface area contributed by atoms with Crippen molar-refractivity contribution in [2.45, 2.75) is 23.2 Å². The summed E-state index contributed by atoms with van der Waals surface area (Å²) in [6, 6.07) is 12.9. The van der Waals surface area contributed by atoms with Gasteiger partial charge >= 0.3 is 8.56 Å². The van der Waals surface area contributed by atoms with E-state index in [1.54, 1.807) is 26.4 Å². The van der Waals surface area contributed by atoms with E-state index >= 15 is 0 Å². The highest BCUT2D eigenvalue weighted by atomic mass is 32.2. The molecular formula is C17H21FO4SSi. The van der Waals surface area contributed by atoms with Crippen LogP contribution >= 0.6 is 0 Å². The minimum Gasteiger partial charge on any atom is -0.398 e. The SMILES string of the molecule is CO[Si](C)(Cc1ccc(CS(=O)(=O)c2ccc(F)cc2)cc1)OC. The monoisotopic (exact) mass is 368 g/mol. The van der Waals surface area contributed by atoms with Gasteiger partial charge in [0, 0.05) is 20.3 Å². The molecule has 0 radical (unpaired) electrons. The summed E-state index contributed by atoms with van der Waals surface area (Å²) in [4.78, 5) is 0.117. The van der Waals surface area contributed by atoms with Crippen LogP contribution in [0.4, 0.5) is 4.39 Å². The molecule has 0 aliphatic rings. The highest BCUT2D eigenvalue weighted by Crippen LogP contribution is 2.19. The van der Waals surface area contributed by atoms with Crippen LogP contribution in [0.3, 0.4) is 0 Å². The van der Waals surface area contributed by atoms with Crippen LogP contribution in [0, 0.1) is 5.82 Å². The molecule has 0 unspecified atom stereocenters. The van der Waals surface area contributed by atoms with Crippen molar-refractivity contribution in [3.05, 3.63) is 65.5 Å². The summed E-state index contributed by atoms with van der Waals surface area (Å²) in [5.74, 6) is -0.580. The van der Waals surface area contributed by atoms with Crippen molar-refractivity contribution in [3.8, 4) is 0 Å². The molecule has 0 bridgehead atoms. The van der Waals surface area contributed by atoms with Gasteiger partial charge in [-0.3, -0.25) is 0 Å². The molecule has 2 aromatic rings. The molecule has 130 valence electrons. The van der Waals surface area contributed by atoms with Gasteiger partial charge in [-0.1, -0.05) is 24.3 Å². The molecule has 0 N–H and O–H groups in total. The van der Waals surface area contributed by atoms with Gasteiger partial charge in [-0.25, -0.2) is 12.8 Å². The molecule has 4 nitrogen and oxygen atoms in total. The molecular weight excluding hydrogens is 347 g/mol. The smallest absolute Gasteiger partial charge is 0.338 e. The third-order valence-corrected chi connectivity index (χ3v) is 8.42. The highest BCUT2D eigenvalue weighted by molar-refractivity contribution is 7.90. The predicted molar refractivity (Wildman–Crippen MR) is 93.1 cm³/mol. The lowest BCUT2D eigenvalue weighted by molar-refractivity contribution is 0.249. The molecule has 2 rings (SSSR count). The number of sulfone groups is 1. The minimum atomic E-state index is -3.49. The third kappa shape index (κ3) is 4.73. The van der Waals surface area contributed by atoms with Gasteiger partial charge in [0.1, 0.15) is 5.82 Å². The maximum Gasteiger partial charge on any atom is 0.338 e. The molecule has 0 saturated heterocycles. The summed E-state index contributed by atoms with van der Waals surface area (Å²) in [5, 5.41) is 0. The number of halogens is 1. The first-order valence-corrected chi connectivity index (χ1v) is 11.6. The highest BCUT2D eigenvalue weighted by Gasteiger charge is 2.29. The summed E-state index contributed by atoms with van der Waals surface area (Å²) in [5.41, 5.74) is 1.72. The zero-order valence-corrected chi connectivity index (χ0v) is 15.8. The van der Waals surface area contributed by atoms with Crippen molar-refractivity contribution in [3.63, 3.8) is 0 Å². The lowest BCUT2D eigenvalue weighted by Gasteiger charge is -2.22. The van der Waals surface area contributed by atoms with Crippen LogP contribution in [0.1, 0.15) is 11.1 Å². The second-order valence-electron chi connectivity index (χ2n) is 5.75. The van der Waals surface area contributed by atoms with Gasteiger partial charge in [0.2, 0.25) is 0 Å². The van der Waals surface area contributed by atoms with Gasteiger partial charge < -0.3 is 8.85 Å². The zero-order chi connectivity index (χ0) is 17.8. The normalized spacial score (nSPS) is 12.3. The maximum atomic E-state index is 12.9. The summed E-state index contributed by atoms with van der Waals surface area (Å²) < 4.78 is 48.6. The minimum absolute atomic E-state index is 0.117. The lowest BCUT2D eigenvalue weighted by atomic mass is 10.2. The largest absolute Gasteiger partial charge is 0.398 e. The third-order valence-electron chi connectivity index (χ3n) is 3.94. The van der Waals surface area contributed by atoms with Crippen molar-refractivity contribution in [2.75, 3.05) is 14.2 Å². The van der Waals surface area contributed by atoms with E-state index in [9.17, 15) is 12.8 Å². The Morgan fingerprint density at radius 3 is 1.92 bits per heavy atom. The Balaban J connectivity index is 2.12. The fourth-order valence-corrected chi connectivity index (χ4v) is 5.08. The van der Waals surface area contributed by atoms with Gasteiger partial charge in [0.25, 0.3) is 0 Å². The average molecular weight is 369 g/mol. The van der Waals surface area contributed by atoms with E-state index < -0.39 is 24.2 Å². The summed E-state index contributed by atoms with van der Waals surface area (Å²) >= 11 is 0. The van der Waals surface area contributed by atoms with Crippen molar-refractivity contribution >= 4 is 18.4 Å². The van der Waals surface area contributed by atoms with Crippen LogP contribution < -0.4 is 0 Å². The van der Waals surface area contributed by atoms with Gasteiger partial charge in [-0.2, -0.15) is 0 Å². The average Bonchev–Trinajstić information content (AvgIpc) is 2.57. The first-order chi connectivity index (χ1) is 11.3. The molecule has 7 heteroatoms. The lowest BCUT2D eigenvalue weighted by Crippen LogP contribution is -2.39. The molecule has 2 aromatic carbocycles. The second-order valence-corrected chi connectivity index (χ2v) is 11.2. The predicted octanol–water partition coefficient (Wildman–Crippen LogP) is 3.25. The van der Waals surface area contributed by atoms with Crippen molar-refractivity contribution in [1.29, 1.82) is 0 Å². The van der Waals surface area contributed by atoms with E-state index in [2.05, 4.69) is 0 Å².